The van der Waals surface area contributed by atoms with Crippen molar-refractivity contribution in [2.24, 2.45) is 0 Å². The summed E-state index contributed by atoms with van der Waals surface area (Å²) in [5.41, 5.74) is 0.708. The average molecular weight is 469 g/mol. The van der Waals surface area contributed by atoms with E-state index in [-0.39, 0.29) is 16.5 Å². The minimum absolute atomic E-state index is 0.0313. The topological polar surface area (TPSA) is 83.6 Å². The van der Waals surface area contributed by atoms with Crippen LogP contribution in [0.4, 0.5) is 9.52 Å². The highest BCUT2D eigenvalue weighted by Gasteiger charge is 2.46. The van der Waals surface area contributed by atoms with Gasteiger partial charge in [0.15, 0.2) is 16.7 Å². The Kier molecular flexibility index (Phi) is 4.83. The number of aliphatic hydroxyl groups excluding tert-OH is 1. The van der Waals surface area contributed by atoms with Gasteiger partial charge in [-0.25, -0.2) is 9.37 Å². The van der Waals surface area contributed by atoms with Gasteiger partial charge >= 0.3 is 0 Å². The van der Waals surface area contributed by atoms with Gasteiger partial charge in [0.25, 0.3) is 5.91 Å². The minimum Gasteiger partial charge on any atom is -0.503 e. The number of Topliss-reactive ketones (excluding diaryl/α,β-unsaturated/α-hetero) is 1. The van der Waals surface area contributed by atoms with E-state index in [1.165, 1.54) is 40.5 Å². The number of aliphatic hydroxyl groups is 1. The Labute approximate surface area is 190 Å². The predicted octanol–water partition coefficient (Wildman–Crippen LogP) is 5.77. The number of aromatic nitrogens is 1. The molecule has 4 aromatic rings. The lowest BCUT2D eigenvalue weighted by Gasteiger charge is -2.24. The molecule has 0 saturated heterocycles. The fourth-order valence-electron chi connectivity index (χ4n) is 3.71. The number of benzene rings is 2. The molecule has 1 aliphatic rings. The maximum absolute atomic E-state index is 14.1. The molecule has 0 saturated carbocycles. The molecule has 0 bridgehead atoms. The number of aryl methyl sites for hydroxylation is 1. The largest absolute Gasteiger partial charge is 0.503 e. The van der Waals surface area contributed by atoms with Crippen LogP contribution in [0.2, 0.25) is 5.02 Å². The molecule has 1 aliphatic heterocycles. The first-order chi connectivity index (χ1) is 15.3. The van der Waals surface area contributed by atoms with Gasteiger partial charge in [-0.15, -0.1) is 0 Å². The zero-order valence-corrected chi connectivity index (χ0v) is 18.1. The Bertz CT molecular complexity index is 1440. The van der Waals surface area contributed by atoms with Crippen LogP contribution in [0.3, 0.4) is 0 Å². The third kappa shape index (κ3) is 3.28. The number of ketones is 1. The summed E-state index contributed by atoms with van der Waals surface area (Å²) in [6.07, 6.45) is 0. The van der Waals surface area contributed by atoms with Gasteiger partial charge in [0.1, 0.15) is 11.6 Å². The number of anilines is 1. The van der Waals surface area contributed by atoms with E-state index in [4.69, 9.17) is 16.0 Å². The number of nitrogens with zero attached hydrogens (tertiary/aromatic N) is 2. The van der Waals surface area contributed by atoms with Crippen LogP contribution in [0.25, 0.3) is 10.2 Å². The van der Waals surface area contributed by atoms with Gasteiger partial charge < -0.3 is 9.52 Å². The summed E-state index contributed by atoms with van der Waals surface area (Å²) in [5, 5.41) is 11.5. The van der Waals surface area contributed by atoms with Crippen LogP contribution < -0.4 is 4.90 Å². The quantitative estimate of drug-likeness (QED) is 0.384. The molecular weight excluding hydrogens is 455 g/mol. The highest BCUT2D eigenvalue weighted by Crippen LogP contribution is 2.44. The van der Waals surface area contributed by atoms with Gasteiger partial charge in [0.2, 0.25) is 5.78 Å². The summed E-state index contributed by atoms with van der Waals surface area (Å²) in [4.78, 5) is 32.1. The number of amides is 1. The number of thiazole rings is 1. The summed E-state index contributed by atoms with van der Waals surface area (Å²) in [6, 6.07) is 12.6. The Morgan fingerprint density at radius 2 is 2.03 bits per heavy atom. The van der Waals surface area contributed by atoms with Crippen molar-refractivity contribution in [2.45, 2.75) is 13.0 Å². The van der Waals surface area contributed by atoms with E-state index in [0.29, 0.717) is 21.9 Å². The fraction of sp³-hybridized carbons (Fsp3) is 0.0870. The standard InChI is InChI=1S/C23H14ClFN2O4S/c1-11-5-8-16(31-11)20(28)18-19(12-3-2-4-14(25)9-12)27(22(30)21(18)29)23-26-15-7-6-13(24)10-17(15)32-23/h2-10,19,29H,1H3. The summed E-state index contributed by atoms with van der Waals surface area (Å²) >= 11 is 7.24. The molecule has 0 radical (unpaired) electrons. The lowest BCUT2D eigenvalue weighted by Crippen LogP contribution is -2.31. The molecule has 2 aromatic carbocycles. The van der Waals surface area contributed by atoms with Crippen molar-refractivity contribution < 1.29 is 23.5 Å². The Hall–Kier alpha value is -3.49. The summed E-state index contributed by atoms with van der Waals surface area (Å²) in [7, 11) is 0. The number of hydrogen-bond donors (Lipinski definition) is 1. The van der Waals surface area contributed by atoms with Crippen molar-refractivity contribution in [3.05, 3.63) is 93.9 Å². The van der Waals surface area contributed by atoms with Crippen molar-refractivity contribution in [3.63, 3.8) is 0 Å². The first-order valence-electron chi connectivity index (χ1n) is 9.53. The molecule has 32 heavy (non-hydrogen) atoms. The van der Waals surface area contributed by atoms with Crippen molar-refractivity contribution in [3.8, 4) is 0 Å². The maximum Gasteiger partial charge on any atom is 0.296 e. The number of fused-ring (bicyclic) bond motifs is 1. The van der Waals surface area contributed by atoms with E-state index in [0.717, 1.165) is 4.70 Å². The molecule has 1 amide bonds. The molecule has 1 N–H and O–H groups in total. The van der Waals surface area contributed by atoms with Crippen LogP contribution in [0.15, 0.2) is 70.3 Å². The molecule has 0 aliphatic carbocycles. The zero-order valence-electron chi connectivity index (χ0n) is 16.5. The van der Waals surface area contributed by atoms with E-state index >= 15 is 0 Å². The molecule has 160 valence electrons. The molecule has 3 heterocycles. The van der Waals surface area contributed by atoms with Crippen LogP contribution in [0.5, 0.6) is 0 Å². The summed E-state index contributed by atoms with van der Waals surface area (Å²) < 4.78 is 20.2. The summed E-state index contributed by atoms with van der Waals surface area (Å²) in [5.74, 6) is -2.27. The van der Waals surface area contributed by atoms with Gasteiger partial charge in [-0.1, -0.05) is 35.1 Å². The van der Waals surface area contributed by atoms with Crippen molar-refractivity contribution in [1.82, 2.24) is 4.98 Å². The van der Waals surface area contributed by atoms with Crippen LogP contribution >= 0.6 is 22.9 Å². The minimum atomic E-state index is -1.09. The first-order valence-corrected chi connectivity index (χ1v) is 10.7. The van der Waals surface area contributed by atoms with E-state index in [1.807, 2.05) is 0 Å². The van der Waals surface area contributed by atoms with Crippen molar-refractivity contribution in [2.75, 3.05) is 4.90 Å². The Balaban J connectivity index is 1.69. The molecule has 0 spiro atoms. The molecule has 5 rings (SSSR count). The molecule has 1 atom stereocenters. The summed E-state index contributed by atoms with van der Waals surface area (Å²) in [6.45, 7) is 1.67. The highest BCUT2D eigenvalue weighted by atomic mass is 35.5. The second kappa shape index (κ2) is 7.58. The number of halogens is 2. The number of rotatable bonds is 4. The van der Waals surface area contributed by atoms with Gasteiger partial charge in [-0.2, -0.15) is 0 Å². The van der Waals surface area contributed by atoms with E-state index in [2.05, 4.69) is 4.98 Å². The third-order valence-electron chi connectivity index (χ3n) is 5.13. The van der Waals surface area contributed by atoms with Crippen molar-refractivity contribution >= 4 is 50.0 Å². The zero-order chi connectivity index (χ0) is 22.6. The second-order valence-corrected chi connectivity index (χ2v) is 8.69. The SMILES string of the molecule is Cc1ccc(C(=O)C2=C(O)C(=O)N(c3nc4ccc(Cl)cc4s3)C2c2cccc(F)c2)o1. The highest BCUT2D eigenvalue weighted by molar-refractivity contribution is 7.22. The average Bonchev–Trinajstić information content (AvgIpc) is 3.44. The monoisotopic (exact) mass is 468 g/mol. The predicted molar refractivity (Wildman–Crippen MR) is 119 cm³/mol. The third-order valence-corrected chi connectivity index (χ3v) is 6.38. The van der Waals surface area contributed by atoms with Gasteiger partial charge in [0.05, 0.1) is 21.8 Å². The number of furan rings is 1. The number of carbonyl (C=O) groups is 2. The molecule has 9 heteroatoms. The molecule has 0 fully saturated rings. The molecular formula is C23H14ClFN2O4S. The van der Waals surface area contributed by atoms with Gasteiger partial charge in [0, 0.05) is 5.02 Å². The molecule has 2 aromatic heterocycles. The van der Waals surface area contributed by atoms with E-state index in [9.17, 15) is 19.1 Å². The fourth-order valence-corrected chi connectivity index (χ4v) is 4.97. The Morgan fingerprint density at radius 3 is 2.75 bits per heavy atom. The Morgan fingerprint density at radius 1 is 1.22 bits per heavy atom. The molecule has 6 nitrogen and oxygen atoms in total. The van der Waals surface area contributed by atoms with Crippen LogP contribution in [-0.4, -0.2) is 21.8 Å². The normalized spacial score (nSPS) is 16.4. The van der Waals surface area contributed by atoms with Crippen LogP contribution in [-0.2, 0) is 4.79 Å². The van der Waals surface area contributed by atoms with E-state index in [1.54, 1.807) is 37.3 Å². The lowest BCUT2D eigenvalue weighted by atomic mass is 9.95. The molecule has 1 unspecified atom stereocenters. The van der Waals surface area contributed by atoms with Crippen LogP contribution in [0.1, 0.15) is 27.9 Å². The lowest BCUT2D eigenvalue weighted by molar-refractivity contribution is -0.117. The van der Waals surface area contributed by atoms with Gasteiger partial charge in [-0.3, -0.25) is 14.5 Å². The van der Waals surface area contributed by atoms with Gasteiger partial charge in [-0.05, 0) is 55.0 Å². The number of hydrogen-bond acceptors (Lipinski definition) is 6. The van der Waals surface area contributed by atoms with Crippen LogP contribution in [0, 0.1) is 12.7 Å². The smallest absolute Gasteiger partial charge is 0.296 e. The van der Waals surface area contributed by atoms with E-state index < -0.39 is 29.3 Å². The number of carbonyl (C=O) groups excluding carboxylic acids is 2. The maximum atomic E-state index is 14.1. The van der Waals surface area contributed by atoms with Crippen molar-refractivity contribution in [1.29, 1.82) is 0 Å². The first kappa shape index (κ1) is 20.4. The second-order valence-electron chi connectivity index (χ2n) is 7.24.